The molecule has 1 heterocycles. The lowest BCUT2D eigenvalue weighted by Gasteiger charge is -2.36. The lowest BCUT2D eigenvalue weighted by atomic mass is 9.99. The fourth-order valence-electron chi connectivity index (χ4n) is 1.89. The molecule has 2 heteroatoms. The van der Waals surface area contributed by atoms with Crippen molar-refractivity contribution < 1.29 is 5.11 Å². The summed E-state index contributed by atoms with van der Waals surface area (Å²) in [6, 6.07) is 0. The maximum absolute atomic E-state index is 9.79. The Balaban J connectivity index is 2.40. The summed E-state index contributed by atoms with van der Waals surface area (Å²) in [4.78, 5) is 2.21. The van der Waals surface area contributed by atoms with Crippen molar-refractivity contribution >= 4 is 0 Å². The van der Waals surface area contributed by atoms with Crippen LogP contribution in [0.1, 0.15) is 33.6 Å². The molecule has 1 N–H and O–H groups in total. The number of likely N-dealkylation sites (tertiary alicyclic amines) is 1. The average Bonchev–Trinajstić information content (AvgIpc) is 2.03. The molecule has 1 saturated heterocycles. The maximum Gasteiger partial charge on any atom is 0.109 e. The lowest BCUT2D eigenvalue weighted by molar-refractivity contribution is -0.0487. The predicted octanol–water partition coefficient (Wildman–Crippen LogP) is 1.69. The average molecular weight is 171 g/mol. The molecule has 1 aliphatic rings. The van der Waals surface area contributed by atoms with Gasteiger partial charge in [0.1, 0.15) is 6.23 Å². The second kappa shape index (κ2) is 4.24. The fourth-order valence-corrected chi connectivity index (χ4v) is 1.89. The molecule has 2 unspecified atom stereocenters. The number of aliphatic hydroxyl groups is 1. The van der Waals surface area contributed by atoms with Crippen molar-refractivity contribution in [1.82, 2.24) is 4.90 Å². The van der Waals surface area contributed by atoms with Crippen LogP contribution in [0.3, 0.4) is 0 Å². The third-order valence-electron chi connectivity index (χ3n) is 2.66. The second-order valence-electron chi connectivity index (χ2n) is 4.40. The van der Waals surface area contributed by atoms with Gasteiger partial charge >= 0.3 is 0 Å². The highest BCUT2D eigenvalue weighted by Gasteiger charge is 2.23. The first kappa shape index (κ1) is 10.0. The number of hydrogen-bond donors (Lipinski definition) is 1. The maximum atomic E-state index is 9.79. The second-order valence-corrected chi connectivity index (χ2v) is 4.40. The van der Waals surface area contributed by atoms with E-state index in [4.69, 9.17) is 0 Å². The van der Waals surface area contributed by atoms with E-state index in [1.807, 2.05) is 0 Å². The van der Waals surface area contributed by atoms with Gasteiger partial charge < -0.3 is 5.11 Å². The minimum Gasteiger partial charge on any atom is -0.378 e. The van der Waals surface area contributed by atoms with Gasteiger partial charge in [0.2, 0.25) is 0 Å². The number of nitrogens with zero attached hydrogens (tertiary/aromatic N) is 1. The SMILES string of the molecule is CC1CCCN(C(O)C(C)C)C1. The molecule has 0 aromatic carbocycles. The Bertz CT molecular complexity index is 136. The van der Waals surface area contributed by atoms with Crippen molar-refractivity contribution in [1.29, 1.82) is 0 Å². The van der Waals surface area contributed by atoms with Crippen LogP contribution in [0.25, 0.3) is 0 Å². The van der Waals surface area contributed by atoms with Gasteiger partial charge in [-0.1, -0.05) is 20.8 Å². The first-order valence-corrected chi connectivity index (χ1v) is 5.03. The van der Waals surface area contributed by atoms with Gasteiger partial charge in [-0.2, -0.15) is 0 Å². The van der Waals surface area contributed by atoms with Crippen molar-refractivity contribution in [2.75, 3.05) is 13.1 Å². The van der Waals surface area contributed by atoms with Crippen LogP contribution in [0.4, 0.5) is 0 Å². The summed E-state index contributed by atoms with van der Waals surface area (Å²) >= 11 is 0. The van der Waals surface area contributed by atoms with E-state index in [2.05, 4.69) is 25.7 Å². The van der Waals surface area contributed by atoms with Gasteiger partial charge in [0.05, 0.1) is 0 Å². The number of aliphatic hydroxyl groups excluding tert-OH is 1. The molecule has 0 aromatic rings. The summed E-state index contributed by atoms with van der Waals surface area (Å²) in [5, 5.41) is 9.79. The smallest absolute Gasteiger partial charge is 0.109 e. The highest BCUT2D eigenvalue weighted by atomic mass is 16.3. The molecule has 0 amide bonds. The molecule has 0 spiro atoms. The standard InChI is InChI=1S/C10H21NO/c1-8(2)10(12)11-6-4-5-9(3)7-11/h8-10,12H,4-7H2,1-3H3. The number of hydrogen-bond acceptors (Lipinski definition) is 2. The largest absolute Gasteiger partial charge is 0.378 e. The van der Waals surface area contributed by atoms with Gasteiger partial charge in [0.25, 0.3) is 0 Å². The van der Waals surface area contributed by atoms with Gasteiger partial charge in [0.15, 0.2) is 0 Å². The number of piperidine rings is 1. The van der Waals surface area contributed by atoms with Crippen LogP contribution in [0.5, 0.6) is 0 Å². The molecule has 2 atom stereocenters. The molecule has 1 fully saturated rings. The molecule has 1 aliphatic heterocycles. The Kier molecular flexibility index (Phi) is 3.53. The molecule has 2 nitrogen and oxygen atoms in total. The molecule has 0 bridgehead atoms. The summed E-state index contributed by atoms with van der Waals surface area (Å²) in [6.07, 6.45) is 2.33. The van der Waals surface area contributed by atoms with E-state index in [1.54, 1.807) is 0 Å². The zero-order valence-corrected chi connectivity index (χ0v) is 8.45. The Morgan fingerprint density at radius 2 is 2.08 bits per heavy atom. The third-order valence-corrected chi connectivity index (χ3v) is 2.66. The zero-order valence-electron chi connectivity index (χ0n) is 8.45. The van der Waals surface area contributed by atoms with Crippen LogP contribution < -0.4 is 0 Å². The molecule has 0 saturated carbocycles. The van der Waals surface area contributed by atoms with Crippen LogP contribution in [0.15, 0.2) is 0 Å². The van der Waals surface area contributed by atoms with E-state index in [9.17, 15) is 5.11 Å². The predicted molar refractivity (Wildman–Crippen MR) is 50.8 cm³/mol. The molecular weight excluding hydrogens is 150 g/mol. The highest BCUT2D eigenvalue weighted by molar-refractivity contribution is 4.73. The van der Waals surface area contributed by atoms with Crippen LogP contribution >= 0.6 is 0 Å². The van der Waals surface area contributed by atoms with Gasteiger partial charge in [0, 0.05) is 13.1 Å². The Hall–Kier alpha value is -0.0800. The van der Waals surface area contributed by atoms with Crippen LogP contribution in [0.2, 0.25) is 0 Å². The number of rotatable bonds is 2. The molecule has 0 radical (unpaired) electrons. The van der Waals surface area contributed by atoms with Crippen LogP contribution in [0, 0.1) is 11.8 Å². The van der Waals surface area contributed by atoms with E-state index in [0.717, 1.165) is 19.0 Å². The topological polar surface area (TPSA) is 23.5 Å². The van der Waals surface area contributed by atoms with E-state index >= 15 is 0 Å². The minimum absolute atomic E-state index is 0.229. The van der Waals surface area contributed by atoms with Gasteiger partial charge in [-0.25, -0.2) is 0 Å². The Morgan fingerprint density at radius 1 is 1.42 bits per heavy atom. The van der Waals surface area contributed by atoms with E-state index in [-0.39, 0.29) is 6.23 Å². The van der Waals surface area contributed by atoms with Crippen molar-refractivity contribution in [3.8, 4) is 0 Å². The lowest BCUT2D eigenvalue weighted by Crippen LogP contribution is -2.44. The van der Waals surface area contributed by atoms with Crippen LogP contribution in [-0.2, 0) is 0 Å². The van der Waals surface area contributed by atoms with Crippen molar-refractivity contribution in [2.45, 2.75) is 39.8 Å². The monoisotopic (exact) mass is 171 g/mol. The molecule has 0 aliphatic carbocycles. The third kappa shape index (κ3) is 2.46. The molecule has 1 rings (SSSR count). The summed E-state index contributed by atoms with van der Waals surface area (Å²) in [5.41, 5.74) is 0. The van der Waals surface area contributed by atoms with Gasteiger partial charge in [-0.05, 0) is 24.7 Å². The minimum atomic E-state index is -0.229. The van der Waals surface area contributed by atoms with E-state index < -0.39 is 0 Å². The summed E-state index contributed by atoms with van der Waals surface area (Å²) in [5.74, 6) is 1.11. The molecule has 72 valence electrons. The molecule has 0 aromatic heterocycles. The van der Waals surface area contributed by atoms with Gasteiger partial charge in [-0.3, -0.25) is 4.90 Å². The summed E-state index contributed by atoms with van der Waals surface area (Å²) < 4.78 is 0. The van der Waals surface area contributed by atoms with Crippen LogP contribution in [-0.4, -0.2) is 29.3 Å². The molecule has 12 heavy (non-hydrogen) atoms. The zero-order chi connectivity index (χ0) is 9.14. The first-order valence-electron chi connectivity index (χ1n) is 5.03. The first-order chi connectivity index (χ1) is 5.61. The van der Waals surface area contributed by atoms with Gasteiger partial charge in [-0.15, -0.1) is 0 Å². The normalized spacial score (nSPS) is 29.2. The Morgan fingerprint density at radius 3 is 2.58 bits per heavy atom. The van der Waals surface area contributed by atoms with E-state index in [1.165, 1.54) is 12.8 Å². The fraction of sp³-hybridized carbons (Fsp3) is 1.00. The quantitative estimate of drug-likeness (QED) is 0.683. The highest BCUT2D eigenvalue weighted by Crippen LogP contribution is 2.19. The van der Waals surface area contributed by atoms with Crippen molar-refractivity contribution in [2.24, 2.45) is 11.8 Å². The summed E-state index contributed by atoms with van der Waals surface area (Å²) in [6.45, 7) is 8.55. The van der Waals surface area contributed by atoms with Crippen molar-refractivity contribution in [3.63, 3.8) is 0 Å². The van der Waals surface area contributed by atoms with E-state index in [0.29, 0.717) is 5.92 Å². The summed E-state index contributed by atoms with van der Waals surface area (Å²) in [7, 11) is 0. The van der Waals surface area contributed by atoms with Crippen molar-refractivity contribution in [3.05, 3.63) is 0 Å². The molecular formula is C10H21NO. The Labute approximate surface area is 75.6 Å².